The van der Waals surface area contributed by atoms with Crippen molar-refractivity contribution in [2.75, 3.05) is 0 Å². The van der Waals surface area contributed by atoms with Crippen LogP contribution in [0.5, 0.6) is 11.6 Å². The van der Waals surface area contributed by atoms with E-state index in [0.717, 1.165) is 14.9 Å². The molecule has 17 heavy (non-hydrogen) atoms. The predicted molar refractivity (Wildman–Crippen MR) is 76.1 cm³/mol. The quantitative estimate of drug-likeness (QED) is 0.870. The second-order valence-corrected chi connectivity index (χ2v) is 4.91. The molecule has 2 N–H and O–H groups in total. The van der Waals surface area contributed by atoms with Gasteiger partial charge < -0.3 is 10.5 Å². The van der Waals surface area contributed by atoms with Crippen molar-refractivity contribution in [3.8, 4) is 11.6 Å². The highest BCUT2D eigenvalue weighted by Gasteiger charge is 2.05. The number of ether oxygens (including phenoxy) is 1. The van der Waals surface area contributed by atoms with Gasteiger partial charge in [-0.3, -0.25) is 0 Å². The molecule has 0 saturated heterocycles. The summed E-state index contributed by atoms with van der Waals surface area (Å²) in [5, 5.41) is 0. The van der Waals surface area contributed by atoms with E-state index in [1.807, 2.05) is 43.3 Å². The van der Waals surface area contributed by atoms with Crippen LogP contribution in [0.3, 0.4) is 0 Å². The molecule has 0 aliphatic heterocycles. The van der Waals surface area contributed by atoms with E-state index < -0.39 is 0 Å². The van der Waals surface area contributed by atoms with Crippen LogP contribution in [0.15, 0.2) is 42.6 Å². The molecule has 2 rings (SSSR count). The zero-order chi connectivity index (χ0) is 12.3. The van der Waals surface area contributed by atoms with E-state index in [1.54, 1.807) is 6.20 Å². The third-order valence-electron chi connectivity index (χ3n) is 2.34. The van der Waals surface area contributed by atoms with Gasteiger partial charge in [0.25, 0.3) is 0 Å². The minimum atomic E-state index is -0.0183. The highest BCUT2D eigenvalue weighted by atomic mass is 127. The number of benzene rings is 1. The van der Waals surface area contributed by atoms with Crippen molar-refractivity contribution in [1.82, 2.24) is 4.98 Å². The van der Waals surface area contributed by atoms with Gasteiger partial charge in [0.15, 0.2) is 0 Å². The molecular formula is C13H13IN2O. The number of hydrogen-bond donors (Lipinski definition) is 1. The molecule has 1 heterocycles. The van der Waals surface area contributed by atoms with Crippen LogP contribution in [0.25, 0.3) is 0 Å². The van der Waals surface area contributed by atoms with Crippen LogP contribution in [0.4, 0.5) is 0 Å². The Labute approximate surface area is 114 Å². The van der Waals surface area contributed by atoms with Crippen LogP contribution >= 0.6 is 22.6 Å². The van der Waals surface area contributed by atoms with Crippen molar-refractivity contribution in [3.63, 3.8) is 0 Å². The van der Waals surface area contributed by atoms with E-state index in [9.17, 15) is 0 Å². The van der Waals surface area contributed by atoms with Crippen LogP contribution in [0, 0.1) is 3.57 Å². The first-order valence-corrected chi connectivity index (χ1v) is 6.38. The van der Waals surface area contributed by atoms with Gasteiger partial charge in [-0.05, 0) is 53.3 Å². The zero-order valence-corrected chi connectivity index (χ0v) is 11.6. The lowest BCUT2D eigenvalue weighted by Crippen LogP contribution is -2.05. The lowest BCUT2D eigenvalue weighted by molar-refractivity contribution is 0.458. The molecule has 3 nitrogen and oxygen atoms in total. The molecule has 1 atom stereocenters. The fourth-order valence-corrected chi connectivity index (χ4v) is 1.90. The minimum absolute atomic E-state index is 0.0183. The number of pyridine rings is 1. The summed E-state index contributed by atoms with van der Waals surface area (Å²) < 4.78 is 6.78. The zero-order valence-electron chi connectivity index (χ0n) is 9.43. The van der Waals surface area contributed by atoms with Crippen molar-refractivity contribution in [2.45, 2.75) is 13.0 Å². The standard InChI is InChI=1S/C13H13IN2O/c1-9(15)10-6-7-16-13(8-10)17-12-5-3-2-4-11(12)14/h2-9H,15H2,1H3/t9-/m1/s1. The SMILES string of the molecule is C[C@@H](N)c1ccnc(Oc2ccccc2I)c1. The summed E-state index contributed by atoms with van der Waals surface area (Å²) >= 11 is 2.23. The Morgan fingerprint density at radius 2 is 2.06 bits per heavy atom. The summed E-state index contributed by atoms with van der Waals surface area (Å²) in [6.45, 7) is 1.94. The number of halogens is 1. The maximum Gasteiger partial charge on any atom is 0.219 e. The molecule has 2 aromatic rings. The Morgan fingerprint density at radius 1 is 1.29 bits per heavy atom. The summed E-state index contributed by atoms with van der Waals surface area (Å²) in [4.78, 5) is 4.18. The molecule has 1 aromatic carbocycles. The summed E-state index contributed by atoms with van der Waals surface area (Å²) in [6.07, 6.45) is 1.71. The van der Waals surface area contributed by atoms with Gasteiger partial charge in [-0.15, -0.1) is 0 Å². The Hall–Kier alpha value is -1.14. The Bertz CT molecular complexity index is 514. The van der Waals surface area contributed by atoms with E-state index in [2.05, 4.69) is 27.6 Å². The monoisotopic (exact) mass is 340 g/mol. The summed E-state index contributed by atoms with van der Waals surface area (Å²) in [6, 6.07) is 11.6. The number of nitrogens with two attached hydrogens (primary N) is 1. The van der Waals surface area contributed by atoms with E-state index >= 15 is 0 Å². The van der Waals surface area contributed by atoms with Crippen molar-refractivity contribution in [3.05, 3.63) is 51.7 Å². The predicted octanol–water partition coefficient (Wildman–Crippen LogP) is 3.50. The first-order valence-electron chi connectivity index (χ1n) is 5.31. The molecule has 88 valence electrons. The molecule has 0 radical (unpaired) electrons. The Balaban J connectivity index is 2.25. The third kappa shape index (κ3) is 3.17. The molecule has 0 bridgehead atoms. The maximum atomic E-state index is 5.82. The van der Waals surface area contributed by atoms with Gasteiger partial charge in [0.2, 0.25) is 5.88 Å². The van der Waals surface area contributed by atoms with Crippen molar-refractivity contribution in [1.29, 1.82) is 0 Å². The summed E-state index contributed by atoms with van der Waals surface area (Å²) in [7, 11) is 0. The molecule has 0 aliphatic rings. The van der Waals surface area contributed by atoms with Crippen molar-refractivity contribution < 1.29 is 4.74 Å². The fraction of sp³-hybridized carbons (Fsp3) is 0.154. The second kappa shape index (κ2) is 5.46. The first-order chi connectivity index (χ1) is 8.16. The van der Waals surface area contributed by atoms with Crippen LogP contribution in [-0.2, 0) is 0 Å². The second-order valence-electron chi connectivity index (χ2n) is 3.75. The number of nitrogens with zero attached hydrogens (tertiary/aromatic N) is 1. The average Bonchev–Trinajstić information content (AvgIpc) is 2.32. The molecule has 0 unspecified atom stereocenters. The molecule has 1 aromatic heterocycles. The van der Waals surface area contributed by atoms with Gasteiger partial charge in [-0.1, -0.05) is 12.1 Å². The minimum Gasteiger partial charge on any atom is -0.438 e. The normalized spacial score (nSPS) is 12.2. The fourth-order valence-electron chi connectivity index (χ4n) is 1.40. The van der Waals surface area contributed by atoms with Gasteiger partial charge >= 0.3 is 0 Å². The van der Waals surface area contributed by atoms with Gasteiger partial charge in [0, 0.05) is 18.3 Å². The van der Waals surface area contributed by atoms with Gasteiger partial charge in [-0.25, -0.2) is 4.98 Å². The molecular weight excluding hydrogens is 327 g/mol. The van der Waals surface area contributed by atoms with E-state index in [-0.39, 0.29) is 6.04 Å². The summed E-state index contributed by atoms with van der Waals surface area (Å²) in [5.41, 5.74) is 6.84. The summed E-state index contributed by atoms with van der Waals surface area (Å²) in [5.74, 6) is 1.38. The highest BCUT2D eigenvalue weighted by Crippen LogP contribution is 2.26. The maximum absolute atomic E-state index is 5.82. The molecule has 0 fully saturated rings. The third-order valence-corrected chi connectivity index (χ3v) is 3.23. The molecule has 0 saturated carbocycles. The smallest absolute Gasteiger partial charge is 0.219 e. The lowest BCUT2D eigenvalue weighted by atomic mass is 10.1. The Kier molecular flexibility index (Phi) is 3.96. The van der Waals surface area contributed by atoms with Gasteiger partial charge in [0.1, 0.15) is 5.75 Å². The van der Waals surface area contributed by atoms with Gasteiger partial charge in [-0.2, -0.15) is 0 Å². The first kappa shape index (κ1) is 12.3. The largest absolute Gasteiger partial charge is 0.438 e. The van der Waals surface area contributed by atoms with Crippen LogP contribution < -0.4 is 10.5 Å². The van der Waals surface area contributed by atoms with Crippen LogP contribution in [-0.4, -0.2) is 4.98 Å². The molecule has 4 heteroatoms. The molecule has 0 spiro atoms. The topological polar surface area (TPSA) is 48.1 Å². The van der Waals surface area contributed by atoms with E-state index in [4.69, 9.17) is 10.5 Å². The number of aromatic nitrogens is 1. The number of hydrogen-bond acceptors (Lipinski definition) is 3. The molecule has 0 amide bonds. The van der Waals surface area contributed by atoms with Crippen LogP contribution in [0.2, 0.25) is 0 Å². The van der Waals surface area contributed by atoms with Crippen molar-refractivity contribution in [2.24, 2.45) is 5.73 Å². The number of rotatable bonds is 3. The van der Waals surface area contributed by atoms with Gasteiger partial charge in [0.05, 0.1) is 3.57 Å². The number of para-hydroxylation sites is 1. The highest BCUT2D eigenvalue weighted by molar-refractivity contribution is 14.1. The van der Waals surface area contributed by atoms with E-state index in [0.29, 0.717) is 5.88 Å². The van der Waals surface area contributed by atoms with Crippen molar-refractivity contribution >= 4 is 22.6 Å². The average molecular weight is 340 g/mol. The molecule has 0 aliphatic carbocycles. The lowest BCUT2D eigenvalue weighted by Gasteiger charge is -2.09. The van der Waals surface area contributed by atoms with Crippen LogP contribution in [0.1, 0.15) is 18.5 Å². The van der Waals surface area contributed by atoms with E-state index in [1.165, 1.54) is 0 Å². The Morgan fingerprint density at radius 3 is 2.76 bits per heavy atom.